The quantitative estimate of drug-likeness (QED) is 0.652. The maximum atomic E-state index is 12.5. The van der Waals surface area contributed by atoms with Gasteiger partial charge in [-0.3, -0.25) is 20.4 Å². The highest BCUT2D eigenvalue weighted by Gasteiger charge is 2.21. The number of rotatable bonds is 5. The van der Waals surface area contributed by atoms with Crippen LogP contribution in [-0.2, 0) is 0 Å². The molecule has 1 aromatic carbocycles. The van der Waals surface area contributed by atoms with Crippen molar-refractivity contribution in [3.63, 3.8) is 0 Å². The second-order valence-corrected chi connectivity index (χ2v) is 6.08. The van der Waals surface area contributed by atoms with E-state index in [4.69, 9.17) is 4.74 Å². The van der Waals surface area contributed by atoms with E-state index in [0.717, 1.165) is 18.7 Å². The summed E-state index contributed by atoms with van der Waals surface area (Å²) in [6, 6.07) is 10.1. The van der Waals surface area contributed by atoms with Crippen LogP contribution in [0.1, 0.15) is 40.5 Å². The minimum Gasteiger partial charge on any atom is -0.496 e. The zero-order chi connectivity index (χ0) is 17.8. The Morgan fingerprint density at radius 3 is 2.68 bits per heavy atom. The van der Waals surface area contributed by atoms with Gasteiger partial charge in [0, 0.05) is 36.3 Å². The smallest absolute Gasteiger partial charge is 0.251 e. The average Bonchev–Trinajstić information content (AvgIpc) is 3.15. The van der Waals surface area contributed by atoms with Crippen LogP contribution in [-0.4, -0.2) is 31.1 Å². The van der Waals surface area contributed by atoms with Gasteiger partial charge in [-0.05, 0) is 30.7 Å². The van der Waals surface area contributed by atoms with Gasteiger partial charge in [0.05, 0.1) is 13.2 Å². The maximum Gasteiger partial charge on any atom is 0.251 e. The minimum atomic E-state index is -0.310. The molecule has 1 aromatic heterocycles. The second kappa shape index (κ2) is 7.50. The van der Waals surface area contributed by atoms with Gasteiger partial charge >= 0.3 is 0 Å². The summed E-state index contributed by atoms with van der Waals surface area (Å²) in [7, 11) is 1.60. The number of hydrogen-bond acceptors (Lipinski definition) is 5. The van der Waals surface area contributed by atoms with Crippen LogP contribution in [0.25, 0.3) is 0 Å². The van der Waals surface area contributed by atoms with Crippen molar-refractivity contribution in [3.8, 4) is 5.75 Å². The maximum absolute atomic E-state index is 12.5. The monoisotopic (exact) mass is 342 g/mol. The first kappa shape index (κ1) is 17.2. The number of ether oxygens (including phenoxy) is 1. The minimum absolute atomic E-state index is 0.191. The molecule has 0 radical (unpaired) electrons. The molecule has 1 atom stereocenters. The Morgan fingerprint density at radius 1 is 1.24 bits per heavy atom. The Morgan fingerprint density at radius 2 is 2.00 bits per heavy atom. The van der Waals surface area contributed by atoms with Crippen molar-refractivity contribution in [2.75, 3.05) is 20.2 Å². The van der Waals surface area contributed by atoms with Gasteiger partial charge < -0.3 is 15.0 Å². The van der Waals surface area contributed by atoms with Crippen LogP contribution in [0, 0.1) is 0 Å². The first-order valence-corrected chi connectivity index (χ1v) is 8.22. The summed E-state index contributed by atoms with van der Waals surface area (Å²) < 4.78 is 5.47. The number of methoxy groups -OCH3 is 1. The number of hydrogen-bond donors (Lipinski definition) is 4. The molecule has 1 saturated heterocycles. The van der Waals surface area contributed by atoms with Crippen LogP contribution in [0.4, 0.5) is 0 Å². The van der Waals surface area contributed by atoms with E-state index in [9.17, 15) is 9.59 Å². The van der Waals surface area contributed by atoms with Gasteiger partial charge in [-0.1, -0.05) is 12.1 Å². The third-order valence-corrected chi connectivity index (χ3v) is 4.36. The highest BCUT2D eigenvalue weighted by molar-refractivity contribution is 5.95. The lowest BCUT2D eigenvalue weighted by atomic mass is 9.97. The Labute approximate surface area is 145 Å². The zero-order valence-corrected chi connectivity index (χ0v) is 14.3. The van der Waals surface area contributed by atoms with E-state index in [-0.39, 0.29) is 17.5 Å². The Bertz CT molecular complexity index is 812. The van der Waals surface area contributed by atoms with Crippen LogP contribution >= 0.6 is 0 Å². The molecule has 1 unspecified atom stereocenters. The molecule has 2 heterocycles. The molecule has 3 rings (SSSR count). The first-order valence-electron chi connectivity index (χ1n) is 8.22. The molecule has 1 fully saturated rings. The lowest BCUT2D eigenvalue weighted by Crippen LogP contribution is -2.28. The van der Waals surface area contributed by atoms with Crippen LogP contribution in [0.3, 0.4) is 0 Å². The molecule has 0 aliphatic carbocycles. The summed E-state index contributed by atoms with van der Waals surface area (Å²) >= 11 is 0. The molecule has 2 aromatic rings. The van der Waals surface area contributed by atoms with Gasteiger partial charge in [-0.25, -0.2) is 0 Å². The predicted molar refractivity (Wildman–Crippen MR) is 94.7 cm³/mol. The largest absolute Gasteiger partial charge is 0.496 e. The summed E-state index contributed by atoms with van der Waals surface area (Å²) in [5.74, 6) is 0.786. The molecule has 25 heavy (non-hydrogen) atoms. The van der Waals surface area contributed by atoms with Crippen LogP contribution in [0.15, 0.2) is 41.2 Å². The van der Waals surface area contributed by atoms with E-state index in [1.54, 1.807) is 31.4 Å². The van der Waals surface area contributed by atoms with Gasteiger partial charge in [-0.2, -0.15) is 0 Å². The lowest BCUT2D eigenvalue weighted by molar-refractivity contribution is 0.0938. The Kier molecular flexibility index (Phi) is 5.16. The van der Waals surface area contributed by atoms with Crippen LogP contribution < -0.4 is 26.5 Å². The zero-order valence-electron chi connectivity index (χ0n) is 14.3. The average molecular weight is 342 g/mol. The number of aromatic amines is 1. The third kappa shape index (κ3) is 3.89. The Balaban J connectivity index is 1.76. The fourth-order valence-corrected chi connectivity index (χ4v) is 2.95. The fourth-order valence-electron chi connectivity index (χ4n) is 2.95. The summed E-state index contributed by atoms with van der Waals surface area (Å²) in [6.45, 7) is 3.46. The van der Waals surface area contributed by atoms with E-state index in [2.05, 4.69) is 21.2 Å². The Hall–Kier alpha value is -2.64. The van der Waals surface area contributed by atoms with E-state index in [1.165, 1.54) is 6.07 Å². The molecule has 132 valence electrons. The van der Waals surface area contributed by atoms with Crippen LogP contribution in [0.2, 0.25) is 0 Å². The number of hydrazine groups is 1. The fraction of sp³-hybridized carbons (Fsp3) is 0.333. The van der Waals surface area contributed by atoms with Crippen molar-refractivity contribution in [3.05, 3.63) is 63.6 Å². The van der Waals surface area contributed by atoms with Gasteiger partial charge in [0.25, 0.3) is 5.91 Å². The van der Waals surface area contributed by atoms with Crippen molar-refractivity contribution in [2.24, 2.45) is 0 Å². The first-order chi connectivity index (χ1) is 12.1. The van der Waals surface area contributed by atoms with E-state index < -0.39 is 0 Å². The lowest BCUT2D eigenvalue weighted by Gasteiger charge is -2.17. The second-order valence-electron chi connectivity index (χ2n) is 6.08. The summed E-state index contributed by atoms with van der Waals surface area (Å²) in [6.07, 6.45) is 0. The number of aromatic nitrogens is 1. The van der Waals surface area contributed by atoms with Gasteiger partial charge in [0.1, 0.15) is 5.75 Å². The number of H-pyrrole nitrogens is 1. The normalized spacial score (nSPS) is 15.8. The van der Waals surface area contributed by atoms with Gasteiger partial charge in [0.15, 0.2) is 0 Å². The number of carbonyl (C=O) groups excluding carboxylic acids is 1. The molecule has 1 aliphatic heterocycles. The highest BCUT2D eigenvalue weighted by Crippen LogP contribution is 2.28. The number of amides is 1. The van der Waals surface area contributed by atoms with E-state index in [1.807, 2.05) is 13.0 Å². The summed E-state index contributed by atoms with van der Waals surface area (Å²) in [4.78, 5) is 26.7. The van der Waals surface area contributed by atoms with Crippen molar-refractivity contribution in [1.82, 2.24) is 21.2 Å². The number of pyridine rings is 1. The number of carbonyl (C=O) groups is 1. The number of benzene rings is 1. The van der Waals surface area contributed by atoms with E-state index >= 15 is 0 Å². The molecular formula is C18H22N4O3. The molecule has 1 amide bonds. The third-order valence-electron chi connectivity index (χ3n) is 4.36. The molecule has 4 N–H and O–H groups in total. The molecule has 7 heteroatoms. The molecule has 0 bridgehead atoms. The van der Waals surface area contributed by atoms with Crippen molar-refractivity contribution in [1.29, 1.82) is 0 Å². The predicted octanol–water partition coefficient (Wildman–Crippen LogP) is 1.07. The topological polar surface area (TPSA) is 95.2 Å². The van der Waals surface area contributed by atoms with Crippen LogP contribution in [0.5, 0.6) is 5.75 Å². The van der Waals surface area contributed by atoms with E-state index in [0.29, 0.717) is 22.9 Å². The highest BCUT2D eigenvalue weighted by atomic mass is 16.5. The molecule has 0 saturated carbocycles. The van der Waals surface area contributed by atoms with Crippen molar-refractivity contribution < 1.29 is 9.53 Å². The molecular weight excluding hydrogens is 320 g/mol. The molecule has 1 aliphatic rings. The molecule has 7 nitrogen and oxygen atoms in total. The van der Waals surface area contributed by atoms with Gasteiger partial charge in [0.2, 0.25) is 5.56 Å². The molecule has 0 spiro atoms. The number of nitrogens with one attached hydrogen (secondary N) is 4. The summed E-state index contributed by atoms with van der Waals surface area (Å²) in [5.41, 5.74) is 8.24. The van der Waals surface area contributed by atoms with Gasteiger partial charge in [-0.15, -0.1) is 0 Å². The SMILES string of the molecule is COc1cc(C(=O)NC(C)c2cccc(=O)[nH]2)ccc1C1CNNC1. The standard InChI is InChI=1S/C18H22N4O3/c1-11(15-4-3-5-17(23)22-15)21-18(24)12-6-7-14(16(8-12)25-2)13-9-19-20-10-13/h3-8,11,13,19-20H,9-10H2,1-2H3,(H,21,24)(H,22,23). The van der Waals surface area contributed by atoms with Crippen molar-refractivity contribution >= 4 is 5.91 Å². The van der Waals surface area contributed by atoms with Crippen molar-refractivity contribution in [2.45, 2.75) is 18.9 Å². The summed E-state index contributed by atoms with van der Waals surface area (Å²) in [5, 5.41) is 2.89.